The molecule has 1 unspecified atom stereocenters. The van der Waals surface area contributed by atoms with E-state index < -0.39 is 23.5 Å². The standard InChI is InChI=1S/C21H16FNO4S/c1-12-8-10-28-20(12)17-16(18(24)13-4-6-14(22)7-5-13)19(25)21(26)23(17)11-15-3-2-9-27-15/h2-10,17,24H,11H2,1H3. The lowest BCUT2D eigenvalue weighted by Gasteiger charge is -2.24. The molecule has 5 nitrogen and oxygen atoms in total. The number of hydrogen-bond acceptors (Lipinski definition) is 5. The Kier molecular flexibility index (Phi) is 4.60. The van der Waals surface area contributed by atoms with Gasteiger partial charge in [0.2, 0.25) is 0 Å². The van der Waals surface area contributed by atoms with E-state index in [1.807, 2.05) is 18.4 Å². The molecule has 1 saturated heterocycles. The number of benzene rings is 1. The van der Waals surface area contributed by atoms with Crippen molar-refractivity contribution in [1.82, 2.24) is 4.90 Å². The van der Waals surface area contributed by atoms with Gasteiger partial charge < -0.3 is 14.4 Å². The molecule has 4 rings (SSSR count). The average Bonchev–Trinajstić information content (AvgIpc) is 3.39. The number of Topliss-reactive ketones (excluding diaryl/α,β-unsaturated/α-hetero) is 1. The molecule has 1 aliphatic heterocycles. The lowest BCUT2D eigenvalue weighted by Crippen LogP contribution is -2.28. The van der Waals surface area contributed by atoms with E-state index >= 15 is 0 Å². The Morgan fingerprint density at radius 3 is 2.57 bits per heavy atom. The number of carbonyl (C=O) groups excluding carboxylic acids is 2. The summed E-state index contributed by atoms with van der Waals surface area (Å²) in [4.78, 5) is 27.8. The predicted molar refractivity (Wildman–Crippen MR) is 102 cm³/mol. The minimum Gasteiger partial charge on any atom is -0.507 e. The number of nitrogens with zero attached hydrogens (tertiary/aromatic N) is 1. The van der Waals surface area contributed by atoms with Crippen molar-refractivity contribution in [1.29, 1.82) is 0 Å². The van der Waals surface area contributed by atoms with E-state index in [9.17, 15) is 19.1 Å². The summed E-state index contributed by atoms with van der Waals surface area (Å²) >= 11 is 1.40. The molecule has 1 aromatic carbocycles. The van der Waals surface area contributed by atoms with Gasteiger partial charge in [0.15, 0.2) is 0 Å². The third-order valence-electron chi connectivity index (χ3n) is 4.71. The Morgan fingerprint density at radius 1 is 1.21 bits per heavy atom. The summed E-state index contributed by atoms with van der Waals surface area (Å²) in [7, 11) is 0. The quantitative estimate of drug-likeness (QED) is 0.402. The van der Waals surface area contributed by atoms with Crippen molar-refractivity contribution in [2.45, 2.75) is 19.5 Å². The van der Waals surface area contributed by atoms with Crippen molar-refractivity contribution in [2.75, 3.05) is 0 Å². The van der Waals surface area contributed by atoms with Crippen LogP contribution in [0.2, 0.25) is 0 Å². The van der Waals surface area contributed by atoms with E-state index in [1.165, 1.54) is 46.8 Å². The van der Waals surface area contributed by atoms with Crippen LogP contribution in [0, 0.1) is 12.7 Å². The van der Waals surface area contributed by atoms with Crippen LogP contribution in [0.25, 0.3) is 5.76 Å². The summed E-state index contributed by atoms with van der Waals surface area (Å²) in [5, 5.41) is 12.7. The van der Waals surface area contributed by atoms with Crippen molar-refractivity contribution in [3.63, 3.8) is 0 Å². The van der Waals surface area contributed by atoms with Gasteiger partial charge in [-0.25, -0.2) is 4.39 Å². The molecule has 3 aromatic rings. The summed E-state index contributed by atoms with van der Waals surface area (Å²) < 4.78 is 18.6. The van der Waals surface area contributed by atoms with Gasteiger partial charge in [0.1, 0.15) is 23.4 Å². The van der Waals surface area contributed by atoms with Crippen LogP contribution in [0.1, 0.15) is 27.8 Å². The highest BCUT2D eigenvalue weighted by Gasteiger charge is 2.47. The van der Waals surface area contributed by atoms with Crippen LogP contribution >= 0.6 is 11.3 Å². The second kappa shape index (κ2) is 7.09. The van der Waals surface area contributed by atoms with Crippen molar-refractivity contribution >= 4 is 28.8 Å². The largest absolute Gasteiger partial charge is 0.507 e. The van der Waals surface area contributed by atoms with E-state index in [2.05, 4.69) is 0 Å². The first kappa shape index (κ1) is 18.2. The monoisotopic (exact) mass is 397 g/mol. The third kappa shape index (κ3) is 3.03. The number of amides is 1. The molecule has 0 saturated carbocycles. The number of carbonyl (C=O) groups is 2. The van der Waals surface area contributed by atoms with Gasteiger partial charge in [-0.3, -0.25) is 9.59 Å². The third-order valence-corrected chi connectivity index (χ3v) is 5.79. The second-order valence-corrected chi connectivity index (χ2v) is 7.43. The van der Waals surface area contributed by atoms with Crippen LogP contribution in [0.4, 0.5) is 4.39 Å². The normalized spacial score (nSPS) is 18.8. The molecule has 142 valence electrons. The number of thiophene rings is 1. The number of halogens is 1. The number of aryl methyl sites for hydroxylation is 1. The van der Waals surface area contributed by atoms with E-state index in [1.54, 1.807) is 12.1 Å². The zero-order valence-corrected chi connectivity index (χ0v) is 15.7. The Morgan fingerprint density at radius 2 is 1.96 bits per heavy atom. The molecule has 3 heterocycles. The summed E-state index contributed by atoms with van der Waals surface area (Å²) in [6.07, 6.45) is 1.50. The number of aliphatic hydroxyl groups is 1. The number of furan rings is 1. The van der Waals surface area contributed by atoms with Gasteiger partial charge in [0.05, 0.1) is 18.4 Å². The molecule has 1 atom stereocenters. The summed E-state index contributed by atoms with van der Waals surface area (Å²) in [6.45, 7) is 1.98. The first-order valence-electron chi connectivity index (χ1n) is 8.58. The molecular formula is C21H16FNO4S. The molecule has 0 radical (unpaired) electrons. The molecule has 1 aliphatic rings. The van der Waals surface area contributed by atoms with Crippen LogP contribution in [0.15, 0.2) is 64.1 Å². The average molecular weight is 397 g/mol. The van der Waals surface area contributed by atoms with Crippen LogP contribution < -0.4 is 0 Å². The van der Waals surface area contributed by atoms with Crippen molar-refractivity contribution < 1.29 is 23.5 Å². The first-order chi connectivity index (χ1) is 13.5. The molecule has 7 heteroatoms. The van der Waals surface area contributed by atoms with Crippen LogP contribution in [-0.4, -0.2) is 21.7 Å². The molecule has 28 heavy (non-hydrogen) atoms. The Bertz CT molecular complexity index is 1070. The number of ketones is 1. The van der Waals surface area contributed by atoms with Gasteiger partial charge in [-0.2, -0.15) is 0 Å². The van der Waals surface area contributed by atoms with Gasteiger partial charge in [0, 0.05) is 10.4 Å². The Balaban J connectivity index is 1.87. The van der Waals surface area contributed by atoms with E-state index in [-0.39, 0.29) is 23.4 Å². The van der Waals surface area contributed by atoms with Crippen molar-refractivity contribution in [3.05, 3.63) is 87.3 Å². The van der Waals surface area contributed by atoms with Crippen LogP contribution in [0.5, 0.6) is 0 Å². The second-order valence-electron chi connectivity index (χ2n) is 6.48. The van der Waals surface area contributed by atoms with Gasteiger partial charge in [0.25, 0.3) is 11.7 Å². The predicted octanol–water partition coefficient (Wildman–Crippen LogP) is 4.41. The number of aliphatic hydroxyl groups excluding tert-OH is 1. The van der Waals surface area contributed by atoms with Crippen molar-refractivity contribution in [3.8, 4) is 0 Å². The number of likely N-dealkylation sites (tertiary alicyclic amines) is 1. The van der Waals surface area contributed by atoms with Crippen LogP contribution in [0.3, 0.4) is 0 Å². The highest BCUT2D eigenvalue weighted by molar-refractivity contribution is 7.10. The van der Waals surface area contributed by atoms with E-state index in [0.29, 0.717) is 5.76 Å². The summed E-state index contributed by atoms with van der Waals surface area (Å²) in [5.74, 6) is -1.73. The molecule has 0 aliphatic carbocycles. The fourth-order valence-corrected chi connectivity index (χ4v) is 4.36. The number of hydrogen-bond donors (Lipinski definition) is 1. The van der Waals surface area contributed by atoms with E-state index in [4.69, 9.17) is 4.42 Å². The Hall–Kier alpha value is -3.19. The maximum absolute atomic E-state index is 13.3. The molecule has 1 N–H and O–H groups in total. The zero-order chi connectivity index (χ0) is 19.8. The smallest absolute Gasteiger partial charge is 0.296 e. The fraction of sp³-hybridized carbons (Fsp3) is 0.143. The van der Waals surface area contributed by atoms with Gasteiger partial charge in [-0.1, -0.05) is 0 Å². The zero-order valence-electron chi connectivity index (χ0n) is 14.9. The van der Waals surface area contributed by atoms with Crippen LogP contribution in [-0.2, 0) is 16.1 Å². The molecular weight excluding hydrogens is 381 g/mol. The SMILES string of the molecule is Cc1ccsc1C1C(=C(O)c2ccc(F)cc2)C(=O)C(=O)N1Cc1ccco1. The summed E-state index contributed by atoms with van der Waals surface area (Å²) in [5.41, 5.74) is 1.18. The highest BCUT2D eigenvalue weighted by Crippen LogP contribution is 2.43. The van der Waals surface area contributed by atoms with Gasteiger partial charge in [-0.15, -0.1) is 11.3 Å². The molecule has 1 amide bonds. The lowest BCUT2D eigenvalue weighted by atomic mass is 9.98. The minimum absolute atomic E-state index is 0.00582. The van der Waals surface area contributed by atoms with Gasteiger partial charge >= 0.3 is 0 Å². The molecule has 0 bridgehead atoms. The topological polar surface area (TPSA) is 70.8 Å². The van der Waals surface area contributed by atoms with E-state index in [0.717, 1.165) is 10.4 Å². The van der Waals surface area contributed by atoms with Gasteiger partial charge in [-0.05, 0) is 60.3 Å². The maximum Gasteiger partial charge on any atom is 0.296 e. The Labute approximate surface area is 164 Å². The van der Waals surface area contributed by atoms with Crippen molar-refractivity contribution in [2.24, 2.45) is 0 Å². The molecule has 2 aromatic heterocycles. The molecule has 0 spiro atoms. The lowest BCUT2D eigenvalue weighted by molar-refractivity contribution is -0.140. The maximum atomic E-state index is 13.3. The first-order valence-corrected chi connectivity index (χ1v) is 9.46. The number of rotatable bonds is 4. The fourth-order valence-electron chi connectivity index (χ4n) is 3.31. The molecule has 1 fully saturated rings. The minimum atomic E-state index is -0.772. The summed E-state index contributed by atoms with van der Waals surface area (Å²) in [6, 6.07) is 9.72. The highest BCUT2D eigenvalue weighted by atomic mass is 32.1.